The lowest BCUT2D eigenvalue weighted by Crippen LogP contribution is -2.60. The Morgan fingerprint density at radius 3 is 2.41 bits per heavy atom. The fourth-order valence-corrected chi connectivity index (χ4v) is 6.92. The van der Waals surface area contributed by atoms with Gasteiger partial charge in [0.25, 0.3) is 0 Å². The Labute approximate surface area is 232 Å². The van der Waals surface area contributed by atoms with Crippen molar-refractivity contribution in [2.45, 2.75) is 76.3 Å². The lowest BCUT2D eigenvalue weighted by molar-refractivity contribution is -0.155. The van der Waals surface area contributed by atoms with Crippen LogP contribution in [0.5, 0.6) is 0 Å². The summed E-state index contributed by atoms with van der Waals surface area (Å²) in [5, 5.41) is 10.6. The van der Waals surface area contributed by atoms with E-state index in [1.165, 1.54) is 4.90 Å². The molecule has 3 saturated heterocycles. The molecule has 0 aliphatic carbocycles. The van der Waals surface area contributed by atoms with Gasteiger partial charge in [-0.25, -0.2) is 0 Å². The molecule has 8 nitrogen and oxygen atoms in total. The van der Waals surface area contributed by atoms with E-state index in [1.54, 1.807) is 22.0 Å². The Bertz CT molecular complexity index is 1100. The van der Waals surface area contributed by atoms with Gasteiger partial charge in [0, 0.05) is 25.2 Å². The molecule has 0 radical (unpaired) electrons. The quantitative estimate of drug-likeness (QED) is 0.438. The van der Waals surface area contributed by atoms with Gasteiger partial charge in [0.15, 0.2) is 0 Å². The number of carbonyl (C=O) groups excluding carboxylic acids is 3. The number of hydrogen-bond donors (Lipinski definition) is 1. The highest BCUT2D eigenvalue weighted by molar-refractivity contribution is 5.99. The average Bonchev–Trinajstić information content (AvgIpc) is 3.54. The molecule has 4 rings (SSSR count). The number of fused-ring (bicyclic) bond motifs is 1. The van der Waals surface area contributed by atoms with Crippen molar-refractivity contribution in [2.75, 3.05) is 26.2 Å². The van der Waals surface area contributed by atoms with Crippen LogP contribution in [-0.4, -0.2) is 87.1 Å². The summed E-state index contributed by atoms with van der Waals surface area (Å²) in [6.45, 7) is 16.4. The summed E-state index contributed by atoms with van der Waals surface area (Å²) in [7, 11) is 0. The summed E-state index contributed by atoms with van der Waals surface area (Å²) in [5.41, 5.74) is -0.965. The molecule has 39 heavy (non-hydrogen) atoms. The topological polar surface area (TPSA) is 90.4 Å². The summed E-state index contributed by atoms with van der Waals surface area (Å²) < 4.78 is 6.64. The van der Waals surface area contributed by atoms with Crippen molar-refractivity contribution in [3.63, 3.8) is 0 Å². The molecular weight excluding hydrogens is 494 g/mol. The summed E-state index contributed by atoms with van der Waals surface area (Å²) in [6, 6.07) is 7.53. The van der Waals surface area contributed by atoms with Gasteiger partial charge in [-0.1, -0.05) is 49.4 Å². The van der Waals surface area contributed by atoms with E-state index in [0.717, 1.165) is 12.0 Å². The van der Waals surface area contributed by atoms with E-state index in [0.29, 0.717) is 32.5 Å². The Balaban J connectivity index is 1.85. The van der Waals surface area contributed by atoms with Crippen LogP contribution in [0, 0.1) is 11.8 Å². The molecule has 212 valence electrons. The summed E-state index contributed by atoms with van der Waals surface area (Å²) in [5.74, 6) is -2.17. The van der Waals surface area contributed by atoms with Crippen LogP contribution in [0.1, 0.15) is 58.6 Å². The van der Waals surface area contributed by atoms with Crippen LogP contribution in [0.3, 0.4) is 0 Å². The number of benzene rings is 1. The number of amides is 3. The Morgan fingerprint density at radius 1 is 1.18 bits per heavy atom. The van der Waals surface area contributed by atoms with Gasteiger partial charge in [0.05, 0.1) is 30.6 Å². The highest BCUT2D eigenvalue weighted by Crippen LogP contribution is 2.60. The first-order chi connectivity index (χ1) is 18.6. The zero-order valence-electron chi connectivity index (χ0n) is 23.7. The fraction of sp³-hybridized carbons (Fsp3) is 0.581. The van der Waals surface area contributed by atoms with E-state index in [1.807, 2.05) is 58.0 Å². The number of ether oxygens (including phenoxy) is 1. The minimum Gasteiger partial charge on any atom is -0.394 e. The zero-order valence-corrected chi connectivity index (χ0v) is 23.7. The van der Waals surface area contributed by atoms with E-state index < -0.39 is 41.2 Å². The van der Waals surface area contributed by atoms with Gasteiger partial charge in [0.2, 0.25) is 17.7 Å². The third-order valence-electron chi connectivity index (χ3n) is 8.49. The van der Waals surface area contributed by atoms with E-state index in [4.69, 9.17) is 4.74 Å². The van der Waals surface area contributed by atoms with Gasteiger partial charge in [-0.15, -0.1) is 13.2 Å². The first kappa shape index (κ1) is 29.0. The molecule has 1 aromatic carbocycles. The number of aliphatic hydroxyl groups is 1. The van der Waals surface area contributed by atoms with Crippen molar-refractivity contribution < 1.29 is 24.2 Å². The van der Waals surface area contributed by atoms with E-state index >= 15 is 0 Å². The molecule has 3 heterocycles. The van der Waals surface area contributed by atoms with Crippen molar-refractivity contribution >= 4 is 17.7 Å². The molecule has 3 fully saturated rings. The molecule has 1 aromatic rings. The van der Waals surface area contributed by atoms with Crippen LogP contribution < -0.4 is 0 Å². The predicted molar refractivity (Wildman–Crippen MR) is 149 cm³/mol. The van der Waals surface area contributed by atoms with Crippen molar-refractivity contribution in [3.8, 4) is 0 Å². The molecule has 0 aromatic heterocycles. The van der Waals surface area contributed by atoms with Crippen LogP contribution in [0.25, 0.3) is 0 Å². The minimum absolute atomic E-state index is 0.131. The SMILES string of the molecule is C=CCN(CCC)C(=O)[C@@H]1[C@H]2C(=O)N([C@H](CO)c3ccccc3)C(C(=O)N(CC=C)C(C)(C)C)C23CC[C@H]1O3. The minimum atomic E-state index is -1.14. The molecule has 2 bridgehead atoms. The van der Waals surface area contributed by atoms with Crippen LogP contribution in [0.4, 0.5) is 0 Å². The fourth-order valence-electron chi connectivity index (χ4n) is 6.92. The smallest absolute Gasteiger partial charge is 0.249 e. The first-order valence-electron chi connectivity index (χ1n) is 14.0. The van der Waals surface area contributed by atoms with Crippen molar-refractivity contribution in [2.24, 2.45) is 11.8 Å². The summed E-state index contributed by atoms with van der Waals surface area (Å²) in [4.78, 5) is 48.0. The lowest BCUT2D eigenvalue weighted by atomic mass is 9.70. The second-order valence-corrected chi connectivity index (χ2v) is 11.9. The second-order valence-electron chi connectivity index (χ2n) is 11.9. The molecule has 1 N–H and O–H groups in total. The highest BCUT2D eigenvalue weighted by Gasteiger charge is 2.75. The van der Waals surface area contributed by atoms with E-state index in [2.05, 4.69) is 13.2 Å². The maximum Gasteiger partial charge on any atom is 0.249 e. The van der Waals surface area contributed by atoms with Crippen molar-refractivity contribution in [1.82, 2.24) is 14.7 Å². The standard InChI is InChI=1S/C31H43N3O5/c1-7-17-32(18-8-2)27(36)24-23-15-16-31(39-23)25(24)28(37)34(22(20-35)21-13-11-10-12-14-21)26(31)29(38)33(19-9-3)30(4,5)6/h7,9-14,22-26,35H,1,3,8,15-20H2,2,4-6H3/t22-,23-,24+,25+,26?,31?/m1/s1. The molecule has 1 spiro atoms. The summed E-state index contributed by atoms with van der Waals surface area (Å²) >= 11 is 0. The number of likely N-dealkylation sites (tertiary alicyclic amines) is 1. The largest absolute Gasteiger partial charge is 0.394 e. The zero-order chi connectivity index (χ0) is 28.5. The maximum atomic E-state index is 14.5. The number of hydrogen-bond acceptors (Lipinski definition) is 5. The van der Waals surface area contributed by atoms with Gasteiger partial charge in [-0.3, -0.25) is 14.4 Å². The third-order valence-corrected chi connectivity index (χ3v) is 8.49. The number of rotatable bonds is 11. The number of nitrogens with zero attached hydrogens (tertiary/aromatic N) is 3. The highest BCUT2D eigenvalue weighted by atomic mass is 16.5. The van der Waals surface area contributed by atoms with Crippen LogP contribution in [0.15, 0.2) is 55.6 Å². The van der Waals surface area contributed by atoms with Gasteiger partial charge >= 0.3 is 0 Å². The number of aliphatic hydroxyl groups excluding tert-OH is 1. The van der Waals surface area contributed by atoms with E-state index in [-0.39, 0.29) is 24.3 Å². The second kappa shape index (κ2) is 11.3. The Kier molecular flexibility index (Phi) is 8.38. The van der Waals surface area contributed by atoms with Gasteiger partial charge < -0.3 is 24.5 Å². The molecule has 3 aliphatic heterocycles. The Hall–Kier alpha value is -2.97. The maximum absolute atomic E-state index is 14.5. The summed E-state index contributed by atoms with van der Waals surface area (Å²) in [6.07, 6.45) is 4.81. The molecule has 8 heteroatoms. The average molecular weight is 538 g/mol. The molecule has 3 amide bonds. The Morgan fingerprint density at radius 2 is 1.85 bits per heavy atom. The van der Waals surface area contributed by atoms with Gasteiger partial charge in [0.1, 0.15) is 11.6 Å². The van der Waals surface area contributed by atoms with Gasteiger partial charge in [-0.2, -0.15) is 0 Å². The molecule has 3 aliphatic rings. The van der Waals surface area contributed by atoms with Crippen molar-refractivity contribution in [3.05, 3.63) is 61.2 Å². The molecular formula is C31H43N3O5. The lowest BCUT2D eigenvalue weighted by Gasteiger charge is -2.43. The molecule has 0 saturated carbocycles. The van der Waals surface area contributed by atoms with Crippen LogP contribution in [-0.2, 0) is 19.1 Å². The van der Waals surface area contributed by atoms with Crippen LogP contribution in [0.2, 0.25) is 0 Å². The van der Waals surface area contributed by atoms with Gasteiger partial charge in [-0.05, 0) is 45.6 Å². The van der Waals surface area contributed by atoms with E-state index in [9.17, 15) is 19.5 Å². The van der Waals surface area contributed by atoms with Crippen molar-refractivity contribution in [1.29, 1.82) is 0 Å². The predicted octanol–water partition coefficient (Wildman–Crippen LogP) is 3.33. The first-order valence-corrected chi connectivity index (χ1v) is 14.0. The monoisotopic (exact) mass is 537 g/mol. The third kappa shape index (κ3) is 4.82. The molecule has 2 unspecified atom stereocenters. The molecule has 6 atom stereocenters. The normalized spacial score (nSPS) is 28.2. The number of carbonyl (C=O) groups is 3. The van der Waals surface area contributed by atoms with Crippen LogP contribution >= 0.6 is 0 Å².